The summed E-state index contributed by atoms with van der Waals surface area (Å²) >= 11 is 0. The second-order valence-corrected chi connectivity index (χ2v) is 6.49. The first-order chi connectivity index (χ1) is 14.3. The van der Waals surface area contributed by atoms with Gasteiger partial charge in [-0.3, -0.25) is 4.79 Å². The molecule has 0 spiro atoms. The standard InChI is InChI=1S/C20H21N7O2/c28-19(15-27-24-20(23-25-27)17-4-2-1-3-5-17)22-21-14-16-6-8-18(9-7-16)26-10-12-29-13-11-26/h1-9,14H,10-13,15H2,(H,22,28)/b21-14+. The molecule has 148 valence electrons. The topological polar surface area (TPSA) is 97.5 Å². The van der Waals surface area contributed by atoms with Crippen LogP contribution in [0.1, 0.15) is 5.56 Å². The van der Waals surface area contributed by atoms with E-state index in [1.165, 1.54) is 4.80 Å². The summed E-state index contributed by atoms with van der Waals surface area (Å²) in [5.74, 6) is 0.144. The van der Waals surface area contributed by atoms with Gasteiger partial charge in [0.15, 0.2) is 0 Å². The van der Waals surface area contributed by atoms with E-state index in [4.69, 9.17) is 4.74 Å². The molecule has 1 aliphatic rings. The van der Waals surface area contributed by atoms with Crippen LogP contribution in [0.4, 0.5) is 5.69 Å². The van der Waals surface area contributed by atoms with Crippen molar-refractivity contribution < 1.29 is 9.53 Å². The van der Waals surface area contributed by atoms with Gasteiger partial charge in [-0.2, -0.15) is 9.90 Å². The quantitative estimate of drug-likeness (QED) is 0.503. The highest BCUT2D eigenvalue weighted by Crippen LogP contribution is 2.16. The number of hydrogen-bond donors (Lipinski definition) is 1. The molecule has 0 aliphatic carbocycles. The molecule has 9 heteroatoms. The molecule has 2 heterocycles. The summed E-state index contributed by atoms with van der Waals surface area (Å²) < 4.78 is 5.37. The molecule has 4 rings (SSSR count). The van der Waals surface area contributed by atoms with Gasteiger partial charge in [0.1, 0.15) is 6.54 Å². The third-order valence-electron chi connectivity index (χ3n) is 4.44. The minimum absolute atomic E-state index is 0.0624. The van der Waals surface area contributed by atoms with Crippen molar-refractivity contribution in [3.63, 3.8) is 0 Å². The van der Waals surface area contributed by atoms with Crippen molar-refractivity contribution in [3.8, 4) is 11.4 Å². The van der Waals surface area contributed by atoms with Crippen molar-refractivity contribution in [2.24, 2.45) is 5.10 Å². The number of carbonyl (C=O) groups is 1. The molecule has 9 nitrogen and oxygen atoms in total. The Morgan fingerprint density at radius 2 is 1.86 bits per heavy atom. The number of nitrogens with zero attached hydrogens (tertiary/aromatic N) is 6. The lowest BCUT2D eigenvalue weighted by atomic mass is 10.2. The lowest BCUT2D eigenvalue weighted by molar-refractivity contribution is -0.122. The molecule has 1 fully saturated rings. The Kier molecular flexibility index (Phi) is 5.87. The second kappa shape index (κ2) is 9.07. The maximum Gasteiger partial charge on any atom is 0.263 e. The van der Waals surface area contributed by atoms with Gasteiger partial charge in [-0.25, -0.2) is 5.43 Å². The lowest BCUT2D eigenvalue weighted by Crippen LogP contribution is -2.36. The molecule has 1 saturated heterocycles. The Balaban J connectivity index is 1.28. The van der Waals surface area contributed by atoms with Crippen LogP contribution in [0.5, 0.6) is 0 Å². The normalized spacial score (nSPS) is 14.3. The van der Waals surface area contributed by atoms with Crippen molar-refractivity contribution in [1.82, 2.24) is 25.6 Å². The minimum atomic E-state index is -0.330. The zero-order valence-corrected chi connectivity index (χ0v) is 15.8. The summed E-state index contributed by atoms with van der Waals surface area (Å²) in [6.07, 6.45) is 1.60. The molecule has 0 atom stereocenters. The Morgan fingerprint density at radius 3 is 2.62 bits per heavy atom. The monoisotopic (exact) mass is 391 g/mol. The fourth-order valence-corrected chi connectivity index (χ4v) is 2.95. The molecule has 1 N–H and O–H groups in total. The predicted molar refractivity (Wildman–Crippen MR) is 108 cm³/mol. The first-order valence-corrected chi connectivity index (χ1v) is 9.36. The number of benzene rings is 2. The fraction of sp³-hybridized carbons (Fsp3) is 0.250. The molecule has 0 radical (unpaired) electrons. The van der Waals surface area contributed by atoms with Crippen LogP contribution in [-0.4, -0.2) is 58.6 Å². The van der Waals surface area contributed by atoms with E-state index in [-0.39, 0.29) is 12.5 Å². The van der Waals surface area contributed by atoms with E-state index in [0.29, 0.717) is 5.82 Å². The smallest absolute Gasteiger partial charge is 0.263 e. The van der Waals surface area contributed by atoms with Gasteiger partial charge in [0.25, 0.3) is 5.91 Å². The van der Waals surface area contributed by atoms with Crippen LogP contribution in [0.2, 0.25) is 0 Å². The van der Waals surface area contributed by atoms with E-state index >= 15 is 0 Å². The van der Waals surface area contributed by atoms with Crippen LogP contribution in [0.15, 0.2) is 59.7 Å². The summed E-state index contributed by atoms with van der Waals surface area (Å²) in [7, 11) is 0. The number of nitrogens with one attached hydrogen (secondary N) is 1. The lowest BCUT2D eigenvalue weighted by Gasteiger charge is -2.28. The molecule has 1 aliphatic heterocycles. The number of hydrazone groups is 1. The van der Waals surface area contributed by atoms with Crippen LogP contribution in [0.25, 0.3) is 11.4 Å². The van der Waals surface area contributed by atoms with E-state index in [0.717, 1.165) is 43.1 Å². The van der Waals surface area contributed by atoms with Crippen molar-refractivity contribution in [3.05, 3.63) is 60.2 Å². The van der Waals surface area contributed by atoms with Gasteiger partial charge in [-0.05, 0) is 22.9 Å². The molecular weight excluding hydrogens is 370 g/mol. The average molecular weight is 391 g/mol. The number of ether oxygens (including phenoxy) is 1. The second-order valence-electron chi connectivity index (χ2n) is 6.49. The Hall–Kier alpha value is -3.59. The number of anilines is 1. The van der Waals surface area contributed by atoms with Crippen molar-refractivity contribution in [2.45, 2.75) is 6.54 Å². The molecule has 2 aromatic carbocycles. The first-order valence-electron chi connectivity index (χ1n) is 9.36. The third-order valence-corrected chi connectivity index (χ3v) is 4.44. The summed E-state index contributed by atoms with van der Waals surface area (Å²) in [4.78, 5) is 15.6. The van der Waals surface area contributed by atoms with Gasteiger partial charge in [0.05, 0.1) is 19.4 Å². The van der Waals surface area contributed by atoms with Crippen LogP contribution < -0.4 is 10.3 Å². The number of aromatic nitrogens is 4. The van der Waals surface area contributed by atoms with Crippen LogP contribution in [0, 0.1) is 0 Å². The van der Waals surface area contributed by atoms with Crippen LogP contribution in [-0.2, 0) is 16.1 Å². The first kappa shape index (κ1) is 18.8. The van der Waals surface area contributed by atoms with Gasteiger partial charge < -0.3 is 9.64 Å². The predicted octanol–water partition coefficient (Wildman–Crippen LogP) is 1.33. The van der Waals surface area contributed by atoms with Gasteiger partial charge in [-0.15, -0.1) is 10.2 Å². The van der Waals surface area contributed by atoms with Crippen molar-refractivity contribution >= 4 is 17.8 Å². The van der Waals surface area contributed by atoms with E-state index in [9.17, 15) is 4.79 Å². The highest BCUT2D eigenvalue weighted by molar-refractivity contribution is 5.82. The maximum atomic E-state index is 12.0. The molecule has 0 bridgehead atoms. The van der Waals surface area contributed by atoms with Crippen LogP contribution in [0.3, 0.4) is 0 Å². The zero-order chi connectivity index (χ0) is 19.9. The Bertz CT molecular complexity index is 964. The maximum absolute atomic E-state index is 12.0. The Labute approximate surface area is 168 Å². The number of rotatable bonds is 6. The van der Waals surface area contributed by atoms with Gasteiger partial charge in [-0.1, -0.05) is 42.5 Å². The summed E-state index contributed by atoms with van der Waals surface area (Å²) in [6, 6.07) is 17.5. The number of morpholine rings is 1. The SMILES string of the molecule is O=C(Cn1nnc(-c2ccccc2)n1)N/N=C/c1ccc(N2CCOCC2)cc1. The van der Waals surface area contributed by atoms with Gasteiger partial charge in [0.2, 0.25) is 5.82 Å². The molecule has 1 amide bonds. The largest absolute Gasteiger partial charge is 0.378 e. The minimum Gasteiger partial charge on any atom is -0.378 e. The van der Waals surface area contributed by atoms with E-state index in [2.05, 4.69) is 30.8 Å². The van der Waals surface area contributed by atoms with E-state index in [1.54, 1.807) is 6.21 Å². The van der Waals surface area contributed by atoms with Crippen molar-refractivity contribution in [1.29, 1.82) is 0 Å². The molecule has 0 saturated carbocycles. The summed E-state index contributed by atoms with van der Waals surface area (Å²) in [5, 5.41) is 16.1. The Morgan fingerprint density at radius 1 is 1.10 bits per heavy atom. The summed E-state index contributed by atoms with van der Waals surface area (Å²) in [5.41, 5.74) is 5.38. The molecule has 0 unspecified atom stereocenters. The molecule has 3 aromatic rings. The van der Waals surface area contributed by atoms with Gasteiger partial charge >= 0.3 is 0 Å². The highest BCUT2D eigenvalue weighted by Gasteiger charge is 2.11. The molecule has 29 heavy (non-hydrogen) atoms. The average Bonchev–Trinajstić information content (AvgIpc) is 3.24. The third kappa shape index (κ3) is 5.02. The zero-order valence-electron chi connectivity index (χ0n) is 15.8. The van der Waals surface area contributed by atoms with E-state index < -0.39 is 0 Å². The van der Waals surface area contributed by atoms with E-state index in [1.807, 2.05) is 54.6 Å². The van der Waals surface area contributed by atoms with Crippen molar-refractivity contribution in [2.75, 3.05) is 31.2 Å². The fourth-order valence-electron chi connectivity index (χ4n) is 2.95. The molecular formula is C20H21N7O2. The highest BCUT2D eigenvalue weighted by atomic mass is 16.5. The summed E-state index contributed by atoms with van der Waals surface area (Å²) in [6.45, 7) is 3.23. The van der Waals surface area contributed by atoms with Gasteiger partial charge in [0, 0.05) is 24.3 Å². The number of amides is 1. The number of carbonyl (C=O) groups excluding carboxylic acids is 1. The number of tetrazole rings is 1. The molecule has 1 aromatic heterocycles. The number of hydrogen-bond acceptors (Lipinski definition) is 7. The van der Waals surface area contributed by atoms with Crippen LogP contribution >= 0.6 is 0 Å².